The standard InChI is InChI=1S/C17H15NO/c1-12-3-5-15(6-4-12)17-10-16-9-14(11-19)7-8-18(16)13(17)2/h3-11H,1-2H3. The van der Waals surface area contributed by atoms with Crippen LogP contribution < -0.4 is 0 Å². The summed E-state index contributed by atoms with van der Waals surface area (Å²) in [6.07, 6.45) is 2.83. The third kappa shape index (κ3) is 1.95. The number of fused-ring (bicyclic) bond motifs is 1. The fourth-order valence-electron chi connectivity index (χ4n) is 2.43. The second kappa shape index (κ2) is 4.39. The molecule has 1 aromatic carbocycles. The van der Waals surface area contributed by atoms with Crippen LogP contribution in [0.15, 0.2) is 48.7 Å². The van der Waals surface area contributed by atoms with E-state index in [2.05, 4.69) is 48.6 Å². The molecule has 0 aliphatic heterocycles. The molecule has 0 saturated heterocycles. The number of hydrogen-bond donors (Lipinski definition) is 0. The van der Waals surface area contributed by atoms with Gasteiger partial charge in [-0.1, -0.05) is 29.8 Å². The van der Waals surface area contributed by atoms with Crippen LogP contribution in [0.5, 0.6) is 0 Å². The second-order valence-electron chi connectivity index (χ2n) is 4.88. The van der Waals surface area contributed by atoms with Gasteiger partial charge in [-0.3, -0.25) is 4.79 Å². The lowest BCUT2D eigenvalue weighted by Gasteiger charge is -2.02. The van der Waals surface area contributed by atoms with Gasteiger partial charge in [-0.25, -0.2) is 0 Å². The molecular weight excluding hydrogens is 234 g/mol. The van der Waals surface area contributed by atoms with Gasteiger partial charge >= 0.3 is 0 Å². The maximum atomic E-state index is 10.8. The summed E-state index contributed by atoms with van der Waals surface area (Å²) in [5.74, 6) is 0. The molecule has 0 N–H and O–H groups in total. The number of hydrogen-bond acceptors (Lipinski definition) is 1. The number of aldehydes is 1. The molecule has 19 heavy (non-hydrogen) atoms. The Hall–Kier alpha value is -2.35. The van der Waals surface area contributed by atoms with Gasteiger partial charge in [0.05, 0.1) is 0 Å². The summed E-state index contributed by atoms with van der Waals surface area (Å²) in [5.41, 5.74) is 6.63. The molecule has 0 aliphatic rings. The molecule has 0 radical (unpaired) electrons. The lowest BCUT2D eigenvalue weighted by Crippen LogP contribution is -1.89. The number of carbonyl (C=O) groups is 1. The van der Waals surface area contributed by atoms with Gasteiger partial charge in [0.15, 0.2) is 0 Å². The quantitative estimate of drug-likeness (QED) is 0.628. The molecule has 2 heterocycles. The molecule has 0 bridgehead atoms. The topological polar surface area (TPSA) is 21.5 Å². The molecule has 0 amide bonds. The predicted molar refractivity (Wildman–Crippen MR) is 77.7 cm³/mol. The van der Waals surface area contributed by atoms with E-state index >= 15 is 0 Å². The van der Waals surface area contributed by atoms with Crippen LogP contribution >= 0.6 is 0 Å². The molecule has 2 aromatic heterocycles. The number of nitrogens with zero attached hydrogens (tertiary/aromatic N) is 1. The molecule has 0 aliphatic carbocycles. The van der Waals surface area contributed by atoms with Gasteiger partial charge in [-0.2, -0.15) is 0 Å². The molecule has 94 valence electrons. The normalized spacial score (nSPS) is 10.8. The van der Waals surface area contributed by atoms with E-state index in [1.807, 2.05) is 18.3 Å². The van der Waals surface area contributed by atoms with E-state index in [4.69, 9.17) is 0 Å². The van der Waals surface area contributed by atoms with Crippen LogP contribution in [0.1, 0.15) is 21.6 Å². The maximum absolute atomic E-state index is 10.8. The average Bonchev–Trinajstić information content (AvgIpc) is 2.76. The molecule has 3 rings (SSSR count). The van der Waals surface area contributed by atoms with Crippen molar-refractivity contribution in [2.75, 3.05) is 0 Å². The fourth-order valence-corrected chi connectivity index (χ4v) is 2.43. The van der Waals surface area contributed by atoms with Crippen LogP contribution in [0, 0.1) is 13.8 Å². The van der Waals surface area contributed by atoms with Crippen molar-refractivity contribution in [2.24, 2.45) is 0 Å². The summed E-state index contributed by atoms with van der Waals surface area (Å²) in [7, 11) is 0. The maximum Gasteiger partial charge on any atom is 0.150 e. The van der Waals surface area contributed by atoms with Crippen LogP contribution in [0.4, 0.5) is 0 Å². The zero-order chi connectivity index (χ0) is 13.4. The molecule has 0 fully saturated rings. The van der Waals surface area contributed by atoms with Crippen molar-refractivity contribution >= 4 is 11.8 Å². The highest BCUT2D eigenvalue weighted by Gasteiger charge is 2.08. The van der Waals surface area contributed by atoms with Crippen molar-refractivity contribution in [3.8, 4) is 11.1 Å². The number of carbonyl (C=O) groups excluding carboxylic acids is 1. The minimum absolute atomic E-state index is 0.709. The average molecular weight is 249 g/mol. The Bertz CT molecular complexity index is 751. The van der Waals surface area contributed by atoms with Crippen LogP contribution in [0.3, 0.4) is 0 Å². The first-order chi connectivity index (χ1) is 9.19. The van der Waals surface area contributed by atoms with Crippen LogP contribution in [-0.4, -0.2) is 10.7 Å². The van der Waals surface area contributed by atoms with E-state index in [0.29, 0.717) is 5.56 Å². The van der Waals surface area contributed by atoms with Crippen LogP contribution in [0.25, 0.3) is 16.6 Å². The van der Waals surface area contributed by atoms with E-state index in [-0.39, 0.29) is 0 Å². The number of rotatable bonds is 2. The Kier molecular flexibility index (Phi) is 2.71. The van der Waals surface area contributed by atoms with Crippen molar-refractivity contribution in [1.29, 1.82) is 0 Å². The summed E-state index contributed by atoms with van der Waals surface area (Å²) < 4.78 is 2.11. The molecule has 3 aromatic rings. The first kappa shape index (κ1) is 11.7. The highest BCUT2D eigenvalue weighted by Crippen LogP contribution is 2.27. The van der Waals surface area contributed by atoms with Crippen molar-refractivity contribution in [3.63, 3.8) is 0 Å². The SMILES string of the molecule is Cc1ccc(-c2cc3cc(C=O)ccn3c2C)cc1. The van der Waals surface area contributed by atoms with Gasteiger partial charge in [0.2, 0.25) is 0 Å². The van der Waals surface area contributed by atoms with Gasteiger partial charge in [0.1, 0.15) is 6.29 Å². The first-order valence-electron chi connectivity index (χ1n) is 6.33. The molecule has 0 saturated carbocycles. The minimum atomic E-state index is 0.709. The van der Waals surface area contributed by atoms with Crippen molar-refractivity contribution < 1.29 is 4.79 Å². The summed E-state index contributed by atoms with van der Waals surface area (Å²) in [5, 5.41) is 0. The van der Waals surface area contributed by atoms with Gasteiger partial charge < -0.3 is 4.40 Å². The molecule has 2 heteroatoms. The largest absolute Gasteiger partial charge is 0.321 e. The Morgan fingerprint density at radius 2 is 1.74 bits per heavy atom. The second-order valence-corrected chi connectivity index (χ2v) is 4.88. The lowest BCUT2D eigenvalue weighted by atomic mass is 10.0. The molecule has 0 unspecified atom stereocenters. The number of pyridine rings is 1. The van der Waals surface area contributed by atoms with E-state index in [9.17, 15) is 4.79 Å². The van der Waals surface area contributed by atoms with E-state index in [0.717, 1.165) is 11.8 Å². The summed E-state index contributed by atoms with van der Waals surface area (Å²) in [4.78, 5) is 10.8. The summed E-state index contributed by atoms with van der Waals surface area (Å²) in [6, 6.07) is 14.4. The Morgan fingerprint density at radius 3 is 2.42 bits per heavy atom. The Morgan fingerprint density at radius 1 is 1.00 bits per heavy atom. The minimum Gasteiger partial charge on any atom is -0.321 e. The smallest absolute Gasteiger partial charge is 0.150 e. The van der Waals surface area contributed by atoms with Crippen LogP contribution in [0.2, 0.25) is 0 Å². The summed E-state index contributed by atoms with van der Waals surface area (Å²) in [6.45, 7) is 4.19. The third-order valence-corrected chi connectivity index (χ3v) is 3.55. The van der Waals surface area contributed by atoms with Gasteiger partial charge in [0.25, 0.3) is 0 Å². The number of aromatic nitrogens is 1. The van der Waals surface area contributed by atoms with Gasteiger partial charge in [-0.15, -0.1) is 0 Å². The lowest BCUT2D eigenvalue weighted by molar-refractivity contribution is 0.112. The Labute approximate surface area is 112 Å². The Balaban J connectivity index is 2.21. The van der Waals surface area contributed by atoms with Crippen molar-refractivity contribution in [2.45, 2.75) is 13.8 Å². The molecular formula is C17H15NO. The zero-order valence-electron chi connectivity index (χ0n) is 11.1. The van der Waals surface area contributed by atoms with Gasteiger partial charge in [0, 0.05) is 28.5 Å². The number of benzene rings is 1. The van der Waals surface area contributed by atoms with Crippen LogP contribution in [-0.2, 0) is 0 Å². The highest BCUT2D eigenvalue weighted by atomic mass is 16.1. The summed E-state index contributed by atoms with van der Waals surface area (Å²) >= 11 is 0. The molecule has 0 spiro atoms. The predicted octanol–water partition coefficient (Wildman–Crippen LogP) is 4.04. The highest BCUT2D eigenvalue weighted by molar-refractivity contribution is 5.80. The monoisotopic (exact) mass is 249 g/mol. The van der Waals surface area contributed by atoms with E-state index in [1.165, 1.54) is 22.4 Å². The zero-order valence-corrected chi connectivity index (χ0v) is 11.1. The van der Waals surface area contributed by atoms with Gasteiger partial charge in [-0.05, 0) is 37.6 Å². The molecule has 2 nitrogen and oxygen atoms in total. The fraction of sp³-hybridized carbons (Fsp3) is 0.118. The van der Waals surface area contributed by atoms with Crippen molar-refractivity contribution in [1.82, 2.24) is 4.40 Å². The first-order valence-corrected chi connectivity index (χ1v) is 6.33. The van der Waals surface area contributed by atoms with Crippen molar-refractivity contribution in [3.05, 3.63) is 65.5 Å². The third-order valence-electron chi connectivity index (χ3n) is 3.55. The molecule has 0 atom stereocenters. The van der Waals surface area contributed by atoms with E-state index < -0.39 is 0 Å². The number of aryl methyl sites for hydroxylation is 2. The van der Waals surface area contributed by atoms with E-state index in [1.54, 1.807) is 0 Å².